The van der Waals surface area contributed by atoms with Gasteiger partial charge in [-0.15, -0.1) is 0 Å². The van der Waals surface area contributed by atoms with E-state index >= 15 is 0 Å². The minimum Gasteiger partial charge on any atom is -0.478 e. The smallest absolute Gasteiger partial charge is 0.334 e. The van der Waals surface area contributed by atoms with Gasteiger partial charge in [0.25, 0.3) is 0 Å². The monoisotopic (exact) mass is 809 g/mol. The van der Waals surface area contributed by atoms with Crippen LogP contribution in [0.15, 0.2) is 42.2 Å². The number of carboxylic acid groups (broad SMARTS) is 1. The summed E-state index contributed by atoms with van der Waals surface area (Å²) in [6.07, 6.45) is 10.4. The largest absolute Gasteiger partial charge is 0.478 e. The van der Waals surface area contributed by atoms with Crippen molar-refractivity contribution in [2.75, 3.05) is 66.1 Å². The highest BCUT2D eigenvalue weighted by atomic mass is 16.7. The molecule has 0 fully saturated rings. The number of aliphatic hydroxyl groups excluding tert-OH is 10. The van der Waals surface area contributed by atoms with Crippen LogP contribution in [0, 0.1) is 0 Å². The first-order chi connectivity index (χ1) is 26.1. The van der Waals surface area contributed by atoms with Crippen molar-refractivity contribution >= 4 is 5.97 Å². The van der Waals surface area contributed by atoms with E-state index < -0.39 is 11.8 Å². The van der Waals surface area contributed by atoms with E-state index in [-0.39, 0.29) is 71.6 Å². The van der Waals surface area contributed by atoms with Crippen molar-refractivity contribution < 1.29 is 70.4 Å². The quantitative estimate of drug-likeness (QED) is 0.0479. The van der Waals surface area contributed by atoms with E-state index in [0.29, 0.717) is 12.2 Å². The molecule has 1 aromatic rings. The van der Waals surface area contributed by atoms with Gasteiger partial charge in [0.1, 0.15) is 5.75 Å². The molecule has 14 heteroatoms. The van der Waals surface area contributed by atoms with Gasteiger partial charge in [0.05, 0.1) is 11.8 Å². The molecule has 0 bridgehead atoms. The van der Waals surface area contributed by atoms with Crippen molar-refractivity contribution in [2.45, 2.75) is 147 Å². The predicted molar refractivity (Wildman–Crippen MR) is 228 cm³/mol. The van der Waals surface area contributed by atoms with Crippen LogP contribution >= 0.6 is 0 Å². The number of benzene rings is 1. The molecule has 0 aliphatic rings. The predicted octanol–water partition coefficient (Wildman–Crippen LogP) is 5.91. The summed E-state index contributed by atoms with van der Waals surface area (Å²) in [6.45, 7) is 24.9. The SMILES string of the molecule is CCCCCCCCCC(C)(OC=C(C)C(=O)O)Oc1ccccc1.CCO.CCO.CCO.CCO.CCO.CCO.CCO.CCO.CCO.CCO. The van der Waals surface area contributed by atoms with E-state index in [4.69, 9.17) is 65.6 Å². The average molecular weight is 809 g/mol. The van der Waals surface area contributed by atoms with Crippen LogP contribution in [0.5, 0.6) is 5.75 Å². The second-order valence-corrected chi connectivity index (χ2v) is 9.81. The van der Waals surface area contributed by atoms with Crippen molar-refractivity contribution in [3.63, 3.8) is 0 Å². The maximum absolute atomic E-state index is 11.0. The second-order valence-electron chi connectivity index (χ2n) is 9.81. The minimum atomic E-state index is -0.988. The molecule has 0 amide bonds. The maximum Gasteiger partial charge on any atom is 0.334 e. The molecule has 0 aliphatic heterocycles. The fraction of sp³-hybridized carbons (Fsp3) is 0.780. The summed E-state index contributed by atoms with van der Waals surface area (Å²) in [6, 6.07) is 9.49. The van der Waals surface area contributed by atoms with Crippen LogP contribution in [0.4, 0.5) is 0 Å². The van der Waals surface area contributed by atoms with E-state index in [1.807, 2.05) is 37.3 Å². The summed E-state index contributed by atoms with van der Waals surface area (Å²) in [5.74, 6) is -1.14. The molecule has 0 saturated carbocycles. The lowest BCUT2D eigenvalue weighted by molar-refractivity contribution is -0.140. The molecule has 0 spiro atoms. The normalized spacial score (nSPS) is 9.62. The number of aliphatic hydroxyl groups is 10. The van der Waals surface area contributed by atoms with Gasteiger partial charge in [-0.05, 0) is 94.7 Å². The average Bonchev–Trinajstić information content (AvgIpc) is 3.11. The van der Waals surface area contributed by atoms with E-state index in [2.05, 4.69) is 6.92 Å². The summed E-state index contributed by atoms with van der Waals surface area (Å²) < 4.78 is 11.8. The molecule has 11 N–H and O–H groups in total. The van der Waals surface area contributed by atoms with Crippen molar-refractivity contribution in [3.05, 3.63) is 42.2 Å². The van der Waals surface area contributed by atoms with Gasteiger partial charge in [-0.3, -0.25) is 0 Å². The fourth-order valence-electron chi connectivity index (χ4n) is 2.54. The third kappa shape index (κ3) is 136. The van der Waals surface area contributed by atoms with Crippen LogP contribution in [0.25, 0.3) is 0 Å². The van der Waals surface area contributed by atoms with Gasteiger partial charge in [0, 0.05) is 79.4 Å². The summed E-state index contributed by atoms with van der Waals surface area (Å²) in [5.41, 5.74) is 0.155. The van der Waals surface area contributed by atoms with E-state index in [0.717, 1.165) is 12.8 Å². The van der Waals surface area contributed by atoms with E-state index in [1.54, 1.807) is 69.2 Å². The van der Waals surface area contributed by atoms with Crippen molar-refractivity contribution in [3.8, 4) is 5.75 Å². The summed E-state index contributed by atoms with van der Waals surface area (Å²) in [4.78, 5) is 11.0. The number of hydrogen-bond acceptors (Lipinski definition) is 13. The molecule has 0 aromatic heterocycles. The highest BCUT2D eigenvalue weighted by molar-refractivity contribution is 5.85. The minimum absolute atomic E-state index is 0.155. The Bertz CT molecular complexity index is 664. The third-order valence-electron chi connectivity index (χ3n) is 4.13. The number of unbranched alkanes of at least 4 members (excludes halogenated alkanes) is 6. The molecule has 1 unspecified atom stereocenters. The Balaban J connectivity index is -0.0000000685. The van der Waals surface area contributed by atoms with Crippen molar-refractivity contribution in [2.24, 2.45) is 0 Å². The Hall–Kier alpha value is -2.37. The standard InChI is InChI=1S/C21H32O4.10C2H6O/c1-4-5-6-7-8-9-13-16-21(3,24-17-18(2)20(22)23)25-19-14-11-10-12-15-19;10*1-2-3/h10-12,14-15,17H,4-9,13,16H2,1-3H3,(H,22,23);10*3H,2H2,1H3. The summed E-state index contributed by atoms with van der Waals surface area (Å²) in [5, 5.41) is 84.7. The molecular weight excluding hydrogens is 716 g/mol. The Morgan fingerprint density at radius 3 is 1.07 bits per heavy atom. The molecule has 1 aromatic carbocycles. The van der Waals surface area contributed by atoms with Gasteiger partial charge in [-0.25, -0.2) is 4.79 Å². The van der Waals surface area contributed by atoms with Crippen LogP contribution < -0.4 is 4.74 Å². The fourth-order valence-corrected chi connectivity index (χ4v) is 2.54. The molecule has 0 heterocycles. The van der Waals surface area contributed by atoms with Gasteiger partial charge in [0.15, 0.2) is 0 Å². The van der Waals surface area contributed by atoms with Crippen LogP contribution in [-0.2, 0) is 9.53 Å². The molecular formula is C41H92O14. The number of hydrogen-bond donors (Lipinski definition) is 11. The van der Waals surface area contributed by atoms with Crippen LogP contribution in [0.1, 0.15) is 141 Å². The number of aliphatic carboxylic acids is 1. The number of carbonyl (C=O) groups is 1. The Kier molecular flexibility index (Phi) is 124. The summed E-state index contributed by atoms with van der Waals surface area (Å²) >= 11 is 0. The number of ether oxygens (including phenoxy) is 2. The van der Waals surface area contributed by atoms with Gasteiger partial charge in [0.2, 0.25) is 5.79 Å². The number of carboxylic acids is 1. The zero-order valence-electron chi connectivity index (χ0n) is 37.3. The first-order valence-electron chi connectivity index (χ1n) is 19.5. The lowest BCUT2D eigenvalue weighted by Crippen LogP contribution is -2.34. The number of rotatable bonds is 13. The zero-order chi connectivity index (χ0) is 45.6. The van der Waals surface area contributed by atoms with Crippen LogP contribution in [0.2, 0.25) is 0 Å². The maximum atomic E-state index is 11.0. The molecule has 1 atom stereocenters. The molecule has 0 saturated heterocycles. The Labute approximate surface area is 337 Å². The first-order valence-corrected chi connectivity index (χ1v) is 19.5. The van der Waals surface area contributed by atoms with Crippen LogP contribution in [-0.4, -0.2) is 134 Å². The topological polar surface area (TPSA) is 258 Å². The highest BCUT2D eigenvalue weighted by Crippen LogP contribution is 2.26. The Morgan fingerprint density at radius 2 is 0.800 bits per heavy atom. The molecule has 0 aliphatic carbocycles. The molecule has 1 rings (SSSR count). The number of para-hydroxylation sites is 1. The van der Waals surface area contributed by atoms with E-state index in [1.165, 1.54) is 45.3 Å². The highest BCUT2D eigenvalue weighted by Gasteiger charge is 2.27. The van der Waals surface area contributed by atoms with Gasteiger partial charge in [-0.2, -0.15) is 0 Å². The van der Waals surface area contributed by atoms with Gasteiger partial charge in [-0.1, -0.05) is 63.6 Å². The van der Waals surface area contributed by atoms with Crippen molar-refractivity contribution in [1.82, 2.24) is 0 Å². The van der Waals surface area contributed by atoms with Crippen molar-refractivity contribution in [1.29, 1.82) is 0 Å². The van der Waals surface area contributed by atoms with Crippen LogP contribution in [0.3, 0.4) is 0 Å². The lowest BCUT2D eigenvalue weighted by atomic mass is 10.1. The molecule has 0 radical (unpaired) electrons. The first kappa shape index (κ1) is 77.2. The summed E-state index contributed by atoms with van der Waals surface area (Å²) in [7, 11) is 0. The van der Waals surface area contributed by atoms with Gasteiger partial charge < -0.3 is 65.6 Å². The zero-order valence-corrected chi connectivity index (χ0v) is 37.3. The third-order valence-corrected chi connectivity index (χ3v) is 4.13. The molecule has 55 heavy (non-hydrogen) atoms. The van der Waals surface area contributed by atoms with E-state index in [9.17, 15) is 4.79 Å². The molecule has 340 valence electrons. The lowest BCUT2D eigenvalue weighted by Gasteiger charge is -2.30. The second kappa shape index (κ2) is 88.7. The Morgan fingerprint density at radius 1 is 0.527 bits per heavy atom. The molecule has 14 nitrogen and oxygen atoms in total. The van der Waals surface area contributed by atoms with Gasteiger partial charge >= 0.3 is 5.97 Å².